The number of benzene rings is 3. The van der Waals surface area contributed by atoms with Gasteiger partial charge in [0.2, 0.25) is 12.7 Å². The largest absolute Gasteiger partial charge is 0.493 e. The molecule has 2 N–H and O–H groups in total. The summed E-state index contributed by atoms with van der Waals surface area (Å²) in [5, 5.41) is 4.87. The smallest absolute Gasteiger partial charge is 0.294 e. The summed E-state index contributed by atoms with van der Waals surface area (Å²) in [6.45, 7) is 1.47. The highest BCUT2D eigenvalue weighted by molar-refractivity contribution is 8.18. The Morgan fingerprint density at radius 1 is 0.929 bits per heavy atom. The predicted molar refractivity (Wildman–Crippen MR) is 157 cm³/mol. The molecule has 216 valence electrons. The summed E-state index contributed by atoms with van der Waals surface area (Å²) < 4.78 is 21.6. The van der Waals surface area contributed by atoms with E-state index in [0.29, 0.717) is 39.9 Å². The van der Waals surface area contributed by atoms with E-state index in [1.54, 1.807) is 36.4 Å². The van der Waals surface area contributed by atoms with Gasteiger partial charge in [-0.25, -0.2) is 0 Å². The number of amides is 4. The van der Waals surface area contributed by atoms with Crippen LogP contribution in [-0.4, -0.2) is 54.9 Å². The lowest BCUT2D eigenvalue weighted by Crippen LogP contribution is -2.36. The maximum Gasteiger partial charge on any atom is 0.294 e. The first kappa shape index (κ1) is 28.6. The van der Waals surface area contributed by atoms with Crippen LogP contribution < -0.4 is 29.6 Å². The van der Waals surface area contributed by atoms with Crippen molar-refractivity contribution in [1.29, 1.82) is 0 Å². The quantitative estimate of drug-likeness (QED) is 0.324. The van der Waals surface area contributed by atoms with Crippen molar-refractivity contribution in [3.8, 4) is 23.0 Å². The minimum Gasteiger partial charge on any atom is -0.493 e. The number of imide groups is 1. The Morgan fingerprint density at radius 2 is 1.67 bits per heavy atom. The van der Waals surface area contributed by atoms with Crippen LogP contribution in [0.1, 0.15) is 18.1 Å². The SMILES string of the molecule is CCc1ccc(NC(=O)COc2ccc(/C=C3\SC(=O)N(CC(=O)Nc4ccc5c(c4)OCO5)C3=O)cc2OC)cc1. The number of nitrogens with zero attached hydrogens (tertiary/aromatic N) is 1. The number of carbonyl (C=O) groups is 4. The minimum atomic E-state index is -0.589. The van der Waals surface area contributed by atoms with E-state index in [0.717, 1.165) is 23.1 Å². The van der Waals surface area contributed by atoms with Crippen LogP contribution in [-0.2, 0) is 20.8 Å². The number of fused-ring (bicyclic) bond motifs is 1. The highest BCUT2D eigenvalue weighted by atomic mass is 32.2. The predicted octanol–water partition coefficient (Wildman–Crippen LogP) is 4.68. The highest BCUT2D eigenvalue weighted by Crippen LogP contribution is 2.36. The van der Waals surface area contributed by atoms with E-state index in [1.807, 2.05) is 24.3 Å². The number of anilines is 2. The fraction of sp³-hybridized carbons (Fsp3) is 0.200. The zero-order valence-electron chi connectivity index (χ0n) is 22.8. The Morgan fingerprint density at radius 3 is 2.43 bits per heavy atom. The van der Waals surface area contributed by atoms with Gasteiger partial charge < -0.3 is 29.6 Å². The molecule has 0 saturated carbocycles. The number of aryl methyl sites for hydroxylation is 1. The van der Waals surface area contributed by atoms with Gasteiger partial charge in [0, 0.05) is 17.4 Å². The molecule has 4 amide bonds. The van der Waals surface area contributed by atoms with Gasteiger partial charge in [-0.05, 0) is 71.8 Å². The summed E-state index contributed by atoms with van der Waals surface area (Å²) in [6, 6.07) is 17.4. The number of hydrogen-bond donors (Lipinski definition) is 2. The van der Waals surface area contributed by atoms with Crippen LogP contribution in [0, 0.1) is 0 Å². The van der Waals surface area contributed by atoms with Crippen LogP contribution in [0.2, 0.25) is 0 Å². The van der Waals surface area contributed by atoms with Crippen molar-refractivity contribution in [3.05, 3.63) is 76.7 Å². The fourth-order valence-corrected chi connectivity index (χ4v) is 5.00. The second-order valence-electron chi connectivity index (χ2n) is 9.18. The monoisotopic (exact) mass is 589 g/mol. The Hall–Kier alpha value is -4.97. The number of methoxy groups -OCH3 is 1. The maximum atomic E-state index is 12.9. The first-order valence-electron chi connectivity index (χ1n) is 13.0. The Bertz CT molecular complexity index is 1570. The van der Waals surface area contributed by atoms with Gasteiger partial charge in [-0.3, -0.25) is 24.1 Å². The number of thioether (sulfide) groups is 1. The van der Waals surface area contributed by atoms with Crippen LogP contribution in [0.3, 0.4) is 0 Å². The number of ether oxygens (including phenoxy) is 4. The van der Waals surface area contributed by atoms with Crippen LogP contribution in [0.4, 0.5) is 16.2 Å². The van der Waals surface area contributed by atoms with E-state index in [9.17, 15) is 19.2 Å². The van der Waals surface area contributed by atoms with Crippen LogP contribution in [0.15, 0.2) is 65.6 Å². The molecule has 2 aliphatic rings. The van der Waals surface area contributed by atoms with Gasteiger partial charge in [0.05, 0.1) is 12.0 Å². The Labute approximate surface area is 245 Å². The molecule has 0 bridgehead atoms. The third-order valence-corrected chi connectivity index (χ3v) is 7.23. The molecule has 0 aliphatic carbocycles. The van der Waals surface area contributed by atoms with Gasteiger partial charge in [-0.15, -0.1) is 0 Å². The molecule has 2 heterocycles. The van der Waals surface area contributed by atoms with E-state index in [1.165, 1.54) is 18.7 Å². The summed E-state index contributed by atoms with van der Waals surface area (Å²) in [5.74, 6) is 0.275. The molecule has 11 nitrogen and oxygen atoms in total. The van der Waals surface area contributed by atoms with Gasteiger partial charge in [0.15, 0.2) is 29.6 Å². The van der Waals surface area contributed by atoms with Crippen molar-refractivity contribution >= 4 is 52.2 Å². The van der Waals surface area contributed by atoms with Crippen molar-refractivity contribution in [1.82, 2.24) is 4.90 Å². The molecule has 1 saturated heterocycles. The summed E-state index contributed by atoms with van der Waals surface area (Å²) in [5.41, 5.74) is 2.85. The highest BCUT2D eigenvalue weighted by Gasteiger charge is 2.36. The lowest BCUT2D eigenvalue weighted by molar-refractivity contribution is -0.127. The molecule has 3 aromatic carbocycles. The van der Waals surface area contributed by atoms with Gasteiger partial charge >= 0.3 is 0 Å². The number of rotatable bonds is 10. The summed E-state index contributed by atoms with van der Waals surface area (Å²) in [4.78, 5) is 51.4. The van der Waals surface area contributed by atoms with Gasteiger partial charge in [0.25, 0.3) is 17.1 Å². The molecule has 2 aliphatic heterocycles. The van der Waals surface area contributed by atoms with Gasteiger partial charge in [-0.2, -0.15) is 0 Å². The van der Waals surface area contributed by atoms with Crippen LogP contribution in [0.25, 0.3) is 6.08 Å². The number of carbonyl (C=O) groups excluding carboxylic acids is 4. The third kappa shape index (κ3) is 6.66. The zero-order valence-corrected chi connectivity index (χ0v) is 23.6. The minimum absolute atomic E-state index is 0.100. The van der Waals surface area contributed by atoms with Crippen molar-refractivity contribution in [3.63, 3.8) is 0 Å². The van der Waals surface area contributed by atoms with Crippen molar-refractivity contribution < 1.29 is 38.1 Å². The average molecular weight is 590 g/mol. The number of nitrogens with one attached hydrogen (secondary N) is 2. The fourth-order valence-electron chi connectivity index (χ4n) is 4.16. The van der Waals surface area contributed by atoms with Gasteiger partial charge in [0.1, 0.15) is 6.54 Å². The summed E-state index contributed by atoms with van der Waals surface area (Å²) >= 11 is 0.733. The molecule has 12 heteroatoms. The standard InChI is InChI=1S/C30H27N3O8S/c1-3-18-4-7-20(8-5-18)31-28(35)16-39-22-10-6-19(12-24(22)38-2)13-26-29(36)33(30(37)42-26)15-27(34)32-21-9-11-23-25(14-21)41-17-40-23/h4-14H,3,15-17H2,1-2H3,(H,31,35)(H,32,34)/b26-13-. The molecule has 42 heavy (non-hydrogen) atoms. The number of hydrogen-bond acceptors (Lipinski definition) is 9. The van der Waals surface area contributed by atoms with E-state index in [4.69, 9.17) is 18.9 Å². The molecule has 1 fully saturated rings. The third-order valence-electron chi connectivity index (χ3n) is 6.32. The van der Waals surface area contributed by atoms with E-state index < -0.39 is 23.6 Å². The second-order valence-corrected chi connectivity index (χ2v) is 10.2. The van der Waals surface area contributed by atoms with Crippen molar-refractivity contribution in [2.24, 2.45) is 0 Å². The van der Waals surface area contributed by atoms with Crippen LogP contribution in [0.5, 0.6) is 23.0 Å². The molecule has 0 aromatic heterocycles. The Balaban J connectivity index is 1.18. The molecular weight excluding hydrogens is 562 g/mol. The molecule has 0 spiro atoms. The van der Waals surface area contributed by atoms with Crippen molar-refractivity contribution in [2.45, 2.75) is 13.3 Å². The van der Waals surface area contributed by atoms with E-state index in [2.05, 4.69) is 17.6 Å². The first-order chi connectivity index (χ1) is 20.3. The molecule has 0 unspecified atom stereocenters. The zero-order chi connectivity index (χ0) is 29.6. The Kier molecular flexibility index (Phi) is 8.63. The molecule has 5 rings (SSSR count). The average Bonchev–Trinajstić information content (AvgIpc) is 3.56. The molecule has 3 aromatic rings. The second kappa shape index (κ2) is 12.7. The van der Waals surface area contributed by atoms with Crippen molar-refractivity contribution in [2.75, 3.05) is 37.7 Å². The van der Waals surface area contributed by atoms with Crippen LogP contribution >= 0.6 is 11.8 Å². The van der Waals surface area contributed by atoms with E-state index >= 15 is 0 Å². The summed E-state index contributed by atoms with van der Waals surface area (Å²) in [6.07, 6.45) is 2.44. The maximum absolute atomic E-state index is 12.9. The normalized spacial score (nSPS) is 14.7. The summed E-state index contributed by atoms with van der Waals surface area (Å²) in [7, 11) is 1.45. The van der Waals surface area contributed by atoms with Gasteiger partial charge in [-0.1, -0.05) is 25.1 Å². The lowest BCUT2D eigenvalue weighted by Gasteiger charge is -2.13. The molecule has 0 atom stereocenters. The topological polar surface area (TPSA) is 132 Å². The first-order valence-corrected chi connectivity index (χ1v) is 13.8. The molecular formula is C30H27N3O8S. The molecule has 0 radical (unpaired) electrons. The lowest BCUT2D eigenvalue weighted by atomic mass is 10.1. The van der Waals surface area contributed by atoms with E-state index in [-0.39, 0.29) is 24.2 Å².